The van der Waals surface area contributed by atoms with Crippen LogP contribution < -0.4 is 0 Å². The Morgan fingerprint density at radius 3 is 1.52 bits per heavy atom. The molecule has 5 fully saturated rings. The minimum atomic E-state index is 0.178. The van der Waals surface area contributed by atoms with Crippen molar-refractivity contribution in [3.05, 3.63) is 70.8 Å². The largest absolute Gasteiger partial charge is 0.381 e. The van der Waals surface area contributed by atoms with E-state index in [1.54, 1.807) is 5.56 Å². The number of hydrogen-bond acceptors (Lipinski definition) is 1. The van der Waals surface area contributed by atoms with E-state index in [2.05, 4.69) is 125 Å². The fraction of sp³-hybridized carbons (Fsp3) is 0.755. The van der Waals surface area contributed by atoms with Crippen molar-refractivity contribution < 1.29 is 4.74 Å². The van der Waals surface area contributed by atoms with Gasteiger partial charge in [-0.25, -0.2) is 0 Å². The van der Waals surface area contributed by atoms with E-state index in [0.717, 1.165) is 65.1 Å². The molecule has 14 unspecified atom stereocenters. The molecule has 50 heavy (non-hydrogen) atoms. The summed E-state index contributed by atoms with van der Waals surface area (Å²) in [4.78, 5) is 0. The first-order chi connectivity index (χ1) is 23.5. The molecule has 0 N–H and O–H groups in total. The molecule has 0 saturated heterocycles. The molecular weight excluding hydrogens is 605 g/mol. The maximum absolute atomic E-state index is 6.61. The van der Waals surface area contributed by atoms with Gasteiger partial charge in [-0.2, -0.15) is 0 Å². The van der Waals surface area contributed by atoms with Crippen molar-refractivity contribution in [1.29, 1.82) is 0 Å². The summed E-state index contributed by atoms with van der Waals surface area (Å²) in [6.07, 6.45) is 11.9. The first kappa shape index (κ1) is 36.7. The van der Waals surface area contributed by atoms with Crippen LogP contribution in [-0.2, 0) is 15.6 Å². The highest BCUT2D eigenvalue weighted by Gasteiger charge is 2.58. The molecule has 5 aliphatic carbocycles. The number of ether oxygens (including phenoxy) is 1. The zero-order valence-corrected chi connectivity index (χ0v) is 34.3. The molecule has 1 heteroatoms. The third-order valence-corrected chi connectivity index (χ3v) is 16.2. The topological polar surface area (TPSA) is 9.23 Å². The van der Waals surface area contributed by atoms with Gasteiger partial charge in [-0.15, -0.1) is 0 Å². The Balaban J connectivity index is 1.18. The van der Waals surface area contributed by atoms with E-state index in [4.69, 9.17) is 4.74 Å². The predicted octanol–water partition coefficient (Wildman–Crippen LogP) is 13.2. The summed E-state index contributed by atoms with van der Waals surface area (Å²) in [7, 11) is 2.02. The average molecular weight is 679 g/mol. The number of benzene rings is 2. The van der Waals surface area contributed by atoms with Crippen molar-refractivity contribution in [3.8, 4) is 0 Å². The van der Waals surface area contributed by atoms with Crippen LogP contribution in [0, 0.1) is 70.5 Å². The maximum atomic E-state index is 6.61. The highest BCUT2D eigenvalue weighted by Crippen LogP contribution is 2.65. The second-order valence-corrected chi connectivity index (χ2v) is 21.9. The molecule has 0 heterocycles. The minimum absolute atomic E-state index is 0.178. The number of fused-ring (bicyclic) bond motifs is 3. The van der Waals surface area contributed by atoms with Crippen molar-refractivity contribution in [2.45, 2.75) is 156 Å². The molecule has 5 saturated carbocycles. The second-order valence-electron chi connectivity index (χ2n) is 21.9. The van der Waals surface area contributed by atoms with Crippen LogP contribution in [-0.4, -0.2) is 13.2 Å². The van der Waals surface area contributed by atoms with Crippen LogP contribution in [0.2, 0.25) is 0 Å². The Hall–Kier alpha value is -1.60. The van der Waals surface area contributed by atoms with Gasteiger partial charge in [0.1, 0.15) is 0 Å². The summed E-state index contributed by atoms with van der Waals surface area (Å²) >= 11 is 0. The van der Waals surface area contributed by atoms with Crippen LogP contribution in [0.25, 0.3) is 0 Å². The van der Waals surface area contributed by atoms with Gasteiger partial charge < -0.3 is 4.74 Å². The lowest BCUT2D eigenvalue weighted by Gasteiger charge is -2.51. The van der Waals surface area contributed by atoms with E-state index < -0.39 is 0 Å². The Morgan fingerprint density at radius 1 is 0.560 bits per heavy atom. The maximum Gasteiger partial charge on any atom is 0.0675 e. The fourth-order valence-corrected chi connectivity index (χ4v) is 13.6. The van der Waals surface area contributed by atoms with Crippen molar-refractivity contribution in [3.63, 3.8) is 0 Å². The SMILES string of the molecule is COC1C(c2ccc(C(C)(C)C)cc2)C2CC(C)C(CC3C(C)CC4C3CC3CCCC3C4c3ccc(C(C)(C)C)cc3)C2CC1C(C)(C)C. The highest BCUT2D eigenvalue weighted by molar-refractivity contribution is 5.33. The fourth-order valence-electron chi connectivity index (χ4n) is 13.6. The molecule has 2 aromatic carbocycles. The normalized spacial score (nSPS) is 40.4. The lowest BCUT2D eigenvalue weighted by Crippen LogP contribution is -2.47. The first-order valence-corrected chi connectivity index (χ1v) is 21.2. The molecule has 5 aliphatic rings. The van der Waals surface area contributed by atoms with Gasteiger partial charge in [-0.05, 0) is 148 Å². The van der Waals surface area contributed by atoms with Gasteiger partial charge in [-0.3, -0.25) is 0 Å². The summed E-state index contributed by atoms with van der Waals surface area (Å²) in [5.74, 6) is 10.4. The van der Waals surface area contributed by atoms with Crippen LogP contribution in [0.4, 0.5) is 0 Å². The smallest absolute Gasteiger partial charge is 0.0675 e. The third kappa shape index (κ3) is 6.60. The van der Waals surface area contributed by atoms with Crippen molar-refractivity contribution >= 4 is 0 Å². The van der Waals surface area contributed by atoms with E-state index in [9.17, 15) is 0 Å². The van der Waals surface area contributed by atoms with E-state index in [0.29, 0.717) is 17.9 Å². The molecule has 7 rings (SSSR count). The number of methoxy groups -OCH3 is 1. The van der Waals surface area contributed by atoms with Gasteiger partial charge in [0.15, 0.2) is 0 Å². The zero-order valence-electron chi connectivity index (χ0n) is 34.3. The van der Waals surface area contributed by atoms with Gasteiger partial charge in [0.25, 0.3) is 0 Å². The third-order valence-electron chi connectivity index (χ3n) is 16.2. The Labute approximate surface area is 308 Å². The van der Waals surface area contributed by atoms with E-state index in [-0.39, 0.29) is 16.2 Å². The van der Waals surface area contributed by atoms with Crippen LogP contribution in [0.5, 0.6) is 0 Å². The van der Waals surface area contributed by atoms with Gasteiger partial charge in [0.2, 0.25) is 0 Å². The Kier molecular flexibility index (Phi) is 9.82. The summed E-state index contributed by atoms with van der Waals surface area (Å²) < 4.78 is 6.61. The van der Waals surface area contributed by atoms with E-state index >= 15 is 0 Å². The van der Waals surface area contributed by atoms with Crippen LogP contribution in [0.3, 0.4) is 0 Å². The second kappa shape index (κ2) is 13.4. The summed E-state index contributed by atoms with van der Waals surface area (Å²) in [6, 6.07) is 20.0. The monoisotopic (exact) mass is 679 g/mol. The van der Waals surface area contributed by atoms with Crippen LogP contribution in [0.1, 0.15) is 162 Å². The van der Waals surface area contributed by atoms with Crippen molar-refractivity contribution in [2.24, 2.45) is 70.5 Å². The molecule has 276 valence electrons. The highest BCUT2D eigenvalue weighted by atomic mass is 16.5. The molecule has 0 aliphatic heterocycles. The lowest BCUT2D eigenvalue weighted by molar-refractivity contribution is -0.0760. The predicted molar refractivity (Wildman–Crippen MR) is 213 cm³/mol. The van der Waals surface area contributed by atoms with Gasteiger partial charge >= 0.3 is 0 Å². The molecule has 0 radical (unpaired) electrons. The zero-order chi connectivity index (χ0) is 35.9. The van der Waals surface area contributed by atoms with E-state index in [1.807, 2.05) is 7.11 Å². The minimum Gasteiger partial charge on any atom is -0.381 e. The molecule has 2 aromatic rings. The quantitative estimate of drug-likeness (QED) is 0.306. The number of rotatable bonds is 5. The summed E-state index contributed by atoms with van der Waals surface area (Å²) in [5.41, 5.74) is 6.77. The van der Waals surface area contributed by atoms with Gasteiger partial charge in [0, 0.05) is 13.0 Å². The Bertz CT molecular complexity index is 1440. The van der Waals surface area contributed by atoms with E-state index in [1.165, 1.54) is 68.1 Å². The van der Waals surface area contributed by atoms with Gasteiger partial charge in [0.05, 0.1) is 6.10 Å². The molecule has 0 spiro atoms. The molecule has 14 atom stereocenters. The Morgan fingerprint density at radius 2 is 1.04 bits per heavy atom. The van der Waals surface area contributed by atoms with Crippen LogP contribution in [0.15, 0.2) is 48.5 Å². The van der Waals surface area contributed by atoms with Crippen molar-refractivity contribution in [1.82, 2.24) is 0 Å². The number of hydrogen-bond donors (Lipinski definition) is 0. The van der Waals surface area contributed by atoms with Crippen molar-refractivity contribution in [2.75, 3.05) is 7.11 Å². The molecular formula is C49H74O. The van der Waals surface area contributed by atoms with Crippen LogP contribution >= 0.6 is 0 Å². The molecule has 0 bridgehead atoms. The lowest BCUT2D eigenvalue weighted by atomic mass is 9.57. The standard InChI is InChI=1S/C49H74O/c1-29-24-41-39(26-33-14-13-15-36(33)44(41)31-16-20-34(21-17-31)47(3,4)5)37(29)27-38-30(2)25-42-40(38)28-43(49(9,10)11)46(50-12)45(42)32-18-22-35(23-19-32)48(6,7)8/h16-23,29-30,33,36-46H,13-15,24-28H2,1-12H3. The summed E-state index contributed by atoms with van der Waals surface area (Å²) in [6.45, 7) is 26.9. The first-order valence-electron chi connectivity index (χ1n) is 21.2. The summed E-state index contributed by atoms with van der Waals surface area (Å²) in [5, 5.41) is 0. The molecule has 1 nitrogen and oxygen atoms in total. The molecule has 0 aromatic heterocycles. The van der Waals surface area contributed by atoms with Gasteiger partial charge in [-0.1, -0.05) is 138 Å². The average Bonchev–Trinajstić information content (AvgIpc) is 3.73. The molecule has 0 amide bonds.